The van der Waals surface area contributed by atoms with Gasteiger partial charge in [0.1, 0.15) is 17.5 Å². The molecule has 2 N–H and O–H groups in total. The first-order valence-electron chi connectivity index (χ1n) is 6.22. The van der Waals surface area contributed by atoms with Gasteiger partial charge in [-0.25, -0.2) is 8.78 Å². The Balaban J connectivity index is 2.66. The van der Waals surface area contributed by atoms with Crippen LogP contribution in [-0.2, 0) is 7.05 Å². The first kappa shape index (κ1) is 13.5. The highest BCUT2D eigenvalue weighted by molar-refractivity contribution is 5.77. The van der Waals surface area contributed by atoms with Crippen LogP contribution in [0.15, 0.2) is 18.2 Å². The molecule has 3 nitrogen and oxygen atoms in total. The average molecular weight is 265 g/mol. The molecule has 0 saturated carbocycles. The number of aryl methyl sites for hydroxylation is 1. The largest absolute Gasteiger partial charge is 0.383 e. The monoisotopic (exact) mass is 265 g/mol. The van der Waals surface area contributed by atoms with E-state index >= 15 is 0 Å². The summed E-state index contributed by atoms with van der Waals surface area (Å²) >= 11 is 0. The number of aromatic nitrogens is 2. The van der Waals surface area contributed by atoms with Crippen molar-refractivity contribution in [3.8, 4) is 11.1 Å². The van der Waals surface area contributed by atoms with Crippen molar-refractivity contribution in [2.45, 2.75) is 26.2 Å². The standard InChI is InChI=1S/C14H17F2N3/c1-4-8(2)13-12(14(17)19(3)18-13)9-5-10(15)7-11(16)6-9/h5-8H,4,17H2,1-3H3. The van der Waals surface area contributed by atoms with E-state index in [0.29, 0.717) is 16.9 Å². The zero-order valence-corrected chi connectivity index (χ0v) is 11.2. The Labute approximate surface area is 111 Å². The minimum Gasteiger partial charge on any atom is -0.383 e. The van der Waals surface area contributed by atoms with Gasteiger partial charge in [-0.1, -0.05) is 13.8 Å². The van der Waals surface area contributed by atoms with E-state index in [4.69, 9.17) is 5.73 Å². The van der Waals surface area contributed by atoms with Gasteiger partial charge >= 0.3 is 0 Å². The van der Waals surface area contributed by atoms with Crippen molar-refractivity contribution in [3.63, 3.8) is 0 Å². The van der Waals surface area contributed by atoms with Crippen LogP contribution in [0.3, 0.4) is 0 Å². The predicted molar refractivity (Wildman–Crippen MR) is 71.7 cm³/mol. The van der Waals surface area contributed by atoms with Crippen LogP contribution in [0.1, 0.15) is 31.9 Å². The van der Waals surface area contributed by atoms with E-state index in [9.17, 15) is 8.78 Å². The molecule has 0 fully saturated rings. The molecular weight excluding hydrogens is 248 g/mol. The van der Waals surface area contributed by atoms with Crippen LogP contribution < -0.4 is 5.73 Å². The number of hydrogen-bond donors (Lipinski definition) is 1. The van der Waals surface area contributed by atoms with Crippen molar-refractivity contribution in [3.05, 3.63) is 35.5 Å². The number of benzene rings is 1. The summed E-state index contributed by atoms with van der Waals surface area (Å²) in [4.78, 5) is 0. The van der Waals surface area contributed by atoms with E-state index in [0.717, 1.165) is 18.2 Å². The van der Waals surface area contributed by atoms with Gasteiger partial charge < -0.3 is 5.73 Å². The number of hydrogen-bond acceptors (Lipinski definition) is 2. The molecule has 5 heteroatoms. The quantitative estimate of drug-likeness (QED) is 0.923. The van der Waals surface area contributed by atoms with Crippen LogP contribution in [0.2, 0.25) is 0 Å². The Morgan fingerprint density at radius 1 is 1.26 bits per heavy atom. The van der Waals surface area contributed by atoms with E-state index in [1.165, 1.54) is 12.1 Å². The molecule has 0 radical (unpaired) electrons. The molecule has 1 aromatic heterocycles. The fraction of sp³-hybridized carbons (Fsp3) is 0.357. The zero-order chi connectivity index (χ0) is 14.2. The second-order valence-electron chi connectivity index (χ2n) is 4.74. The van der Waals surface area contributed by atoms with Gasteiger partial charge in [0, 0.05) is 24.6 Å². The van der Waals surface area contributed by atoms with Crippen LogP contribution >= 0.6 is 0 Å². The maximum Gasteiger partial charge on any atom is 0.129 e. The van der Waals surface area contributed by atoms with Crippen LogP contribution in [-0.4, -0.2) is 9.78 Å². The van der Waals surface area contributed by atoms with Crippen LogP contribution in [0, 0.1) is 11.6 Å². The smallest absolute Gasteiger partial charge is 0.129 e. The van der Waals surface area contributed by atoms with Gasteiger partial charge in [-0.2, -0.15) is 5.10 Å². The number of nitrogen functional groups attached to an aromatic ring is 1. The molecule has 1 atom stereocenters. The highest BCUT2D eigenvalue weighted by Crippen LogP contribution is 2.35. The molecule has 19 heavy (non-hydrogen) atoms. The van der Waals surface area contributed by atoms with Crippen molar-refractivity contribution in [1.82, 2.24) is 9.78 Å². The van der Waals surface area contributed by atoms with Crippen LogP contribution in [0.5, 0.6) is 0 Å². The van der Waals surface area contributed by atoms with Crippen molar-refractivity contribution in [2.24, 2.45) is 7.05 Å². The Hall–Kier alpha value is -1.91. The van der Waals surface area contributed by atoms with Crippen LogP contribution in [0.25, 0.3) is 11.1 Å². The number of nitrogens with two attached hydrogens (primary N) is 1. The maximum absolute atomic E-state index is 13.4. The topological polar surface area (TPSA) is 43.8 Å². The summed E-state index contributed by atoms with van der Waals surface area (Å²) in [5.41, 5.74) is 7.80. The maximum atomic E-state index is 13.4. The van der Waals surface area contributed by atoms with E-state index in [1.54, 1.807) is 11.7 Å². The second-order valence-corrected chi connectivity index (χ2v) is 4.74. The molecule has 0 bridgehead atoms. The summed E-state index contributed by atoms with van der Waals surface area (Å²) in [5.74, 6) is -0.646. The summed E-state index contributed by atoms with van der Waals surface area (Å²) < 4.78 is 28.3. The lowest BCUT2D eigenvalue weighted by atomic mass is 9.96. The van der Waals surface area contributed by atoms with Crippen molar-refractivity contribution in [2.75, 3.05) is 5.73 Å². The molecule has 2 aromatic rings. The predicted octanol–water partition coefficient (Wildman–Crippen LogP) is 3.46. The number of halogens is 2. The summed E-state index contributed by atoms with van der Waals surface area (Å²) in [7, 11) is 1.72. The highest BCUT2D eigenvalue weighted by Gasteiger charge is 2.20. The SMILES string of the molecule is CCC(C)c1nn(C)c(N)c1-c1cc(F)cc(F)c1. The van der Waals surface area contributed by atoms with E-state index in [2.05, 4.69) is 5.10 Å². The fourth-order valence-corrected chi connectivity index (χ4v) is 2.09. The molecule has 1 unspecified atom stereocenters. The van der Waals surface area contributed by atoms with Gasteiger partial charge in [-0.3, -0.25) is 4.68 Å². The highest BCUT2D eigenvalue weighted by atomic mass is 19.1. The molecule has 1 aromatic carbocycles. The van der Waals surface area contributed by atoms with E-state index < -0.39 is 11.6 Å². The summed E-state index contributed by atoms with van der Waals surface area (Å²) in [6, 6.07) is 3.41. The van der Waals surface area contributed by atoms with Crippen molar-refractivity contribution >= 4 is 5.82 Å². The second kappa shape index (κ2) is 4.99. The van der Waals surface area contributed by atoms with Crippen molar-refractivity contribution in [1.29, 1.82) is 0 Å². The Kier molecular flexibility index (Phi) is 3.55. The molecule has 0 aliphatic heterocycles. The minimum absolute atomic E-state index is 0.171. The number of rotatable bonds is 3. The third-order valence-corrected chi connectivity index (χ3v) is 3.35. The average Bonchev–Trinajstić information content (AvgIpc) is 2.64. The molecule has 0 amide bonds. The summed E-state index contributed by atoms with van der Waals surface area (Å²) in [6.45, 7) is 4.05. The van der Waals surface area contributed by atoms with Gasteiger partial charge in [0.05, 0.1) is 5.69 Å². The first-order valence-corrected chi connectivity index (χ1v) is 6.22. The van der Waals surface area contributed by atoms with Gasteiger partial charge in [0.15, 0.2) is 0 Å². The molecular formula is C14H17F2N3. The molecule has 0 aliphatic carbocycles. The normalized spacial score (nSPS) is 12.7. The third kappa shape index (κ3) is 2.45. The molecule has 1 heterocycles. The van der Waals surface area contributed by atoms with E-state index in [-0.39, 0.29) is 5.92 Å². The lowest BCUT2D eigenvalue weighted by Crippen LogP contribution is -1.98. The minimum atomic E-state index is -0.617. The van der Waals surface area contributed by atoms with Gasteiger partial charge in [0.2, 0.25) is 0 Å². The van der Waals surface area contributed by atoms with Gasteiger partial charge in [-0.15, -0.1) is 0 Å². The molecule has 102 valence electrons. The molecule has 0 spiro atoms. The lowest BCUT2D eigenvalue weighted by Gasteiger charge is -2.09. The molecule has 0 saturated heterocycles. The zero-order valence-electron chi connectivity index (χ0n) is 11.2. The number of anilines is 1. The lowest BCUT2D eigenvalue weighted by molar-refractivity contribution is 0.584. The first-order chi connectivity index (χ1) is 8.93. The van der Waals surface area contributed by atoms with Crippen LogP contribution in [0.4, 0.5) is 14.6 Å². The summed E-state index contributed by atoms with van der Waals surface area (Å²) in [6.07, 6.45) is 0.876. The van der Waals surface area contributed by atoms with Gasteiger partial charge in [-0.05, 0) is 24.1 Å². The fourth-order valence-electron chi connectivity index (χ4n) is 2.09. The third-order valence-electron chi connectivity index (χ3n) is 3.35. The Morgan fingerprint density at radius 3 is 2.37 bits per heavy atom. The van der Waals surface area contributed by atoms with Crippen molar-refractivity contribution < 1.29 is 8.78 Å². The number of nitrogens with zero attached hydrogens (tertiary/aromatic N) is 2. The molecule has 0 aliphatic rings. The molecule has 2 rings (SSSR count). The Bertz CT molecular complexity index is 585. The Morgan fingerprint density at radius 2 is 1.84 bits per heavy atom. The van der Waals surface area contributed by atoms with E-state index in [1.807, 2.05) is 13.8 Å². The summed E-state index contributed by atoms with van der Waals surface area (Å²) in [5, 5.41) is 4.36. The van der Waals surface area contributed by atoms with Gasteiger partial charge in [0.25, 0.3) is 0 Å².